The van der Waals surface area contributed by atoms with Gasteiger partial charge in [0.15, 0.2) is 0 Å². The summed E-state index contributed by atoms with van der Waals surface area (Å²) in [5, 5.41) is 9.23. The minimum absolute atomic E-state index is 0.155. The van der Waals surface area contributed by atoms with E-state index in [1.807, 2.05) is 0 Å². The first-order chi connectivity index (χ1) is 7.22. The molecule has 15 heavy (non-hydrogen) atoms. The molecule has 1 aromatic carbocycles. The largest absolute Gasteiger partial charge is 0.392 e. The van der Waals surface area contributed by atoms with E-state index in [0.29, 0.717) is 5.92 Å². The predicted octanol–water partition coefficient (Wildman–Crippen LogP) is 3.78. The first-order valence-electron chi connectivity index (χ1n) is 5.93. The van der Waals surface area contributed by atoms with Crippen molar-refractivity contribution in [3.8, 4) is 0 Å². The molecule has 0 bridgehead atoms. The lowest BCUT2D eigenvalue weighted by Crippen LogP contribution is -1.99. The smallest absolute Gasteiger partial charge is 0.0684 e. The number of benzene rings is 1. The Morgan fingerprint density at radius 2 is 2.00 bits per heavy atom. The third kappa shape index (κ3) is 3.07. The SMILES string of the molecule is CCCC(CC)c1ccc(C)c(CO)c1. The Balaban J connectivity index is 2.92. The molecule has 0 aliphatic heterocycles. The number of aryl methyl sites for hydroxylation is 1. The lowest BCUT2D eigenvalue weighted by molar-refractivity contribution is 0.281. The van der Waals surface area contributed by atoms with E-state index in [4.69, 9.17) is 0 Å². The van der Waals surface area contributed by atoms with Crippen LogP contribution in [0.4, 0.5) is 0 Å². The highest BCUT2D eigenvalue weighted by molar-refractivity contribution is 5.32. The molecule has 1 atom stereocenters. The van der Waals surface area contributed by atoms with Crippen molar-refractivity contribution < 1.29 is 5.11 Å². The standard InChI is InChI=1S/C14H22O/c1-4-6-12(5-2)13-8-7-11(3)14(9-13)10-15/h7-9,12,15H,4-6,10H2,1-3H3. The lowest BCUT2D eigenvalue weighted by atomic mass is 9.90. The topological polar surface area (TPSA) is 20.2 Å². The van der Waals surface area contributed by atoms with Crippen molar-refractivity contribution in [2.24, 2.45) is 0 Å². The van der Waals surface area contributed by atoms with Gasteiger partial charge in [0.05, 0.1) is 6.61 Å². The summed E-state index contributed by atoms with van der Waals surface area (Å²) in [7, 11) is 0. The van der Waals surface area contributed by atoms with Crippen LogP contribution in [0.15, 0.2) is 18.2 Å². The lowest BCUT2D eigenvalue weighted by Gasteiger charge is -2.16. The second-order valence-electron chi connectivity index (χ2n) is 4.24. The van der Waals surface area contributed by atoms with Crippen LogP contribution in [0.5, 0.6) is 0 Å². The van der Waals surface area contributed by atoms with Crippen LogP contribution >= 0.6 is 0 Å². The molecule has 1 aromatic rings. The molecule has 1 nitrogen and oxygen atoms in total. The summed E-state index contributed by atoms with van der Waals surface area (Å²) in [5.41, 5.74) is 3.64. The Labute approximate surface area is 93.1 Å². The second kappa shape index (κ2) is 5.92. The summed E-state index contributed by atoms with van der Waals surface area (Å²) in [5.74, 6) is 0.654. The molecule has 0 saturated carbocycles. The molecule has 84 valence electrons. The highest BCUT2D eigenvalue weighted by Crippen LogP contribution is 2.26. The van der Waals surface area contributed by atoms with Crippen LogP contribution in [0.2, 0.25) is 0 Å². The van der Waals surface area contributed by atoms with Crippen molar-refractivity contribution in [3.05, 3.63) is 34.9 Å². The Morgan fingerprint density at radius 3 is 2.53 bits per heavy atom. The Hall–Kier alpha value is -0.820. The molecule has 1 unspecified atom stereocenters. The van der Waals surface area contributed by atoms with Gasteiger partial charge in [-0.25, -0.2) is 0 Å². The summed E-state index contributed by atoms with van der Waals surface area (Å²) >= 11 is 0. The van der Waals surface area contributed by atoms with Gasteiger partial charge in [-0.2, -0.15) is 0 Å². The van der Waals surface area contributed by atoms with Crippen LogP contribution in [-0.4, -0.2) is 5.11 Å². The fraction of sp³-hybridized carbons (Fsp3) is 0.571. The fourth-order valence-electron chi connectivity index (χ4n) is 2.07. The van der Waals surface area contributed by atoms with Gasteiger partial charge >= 0.3 is 0 Å². The maximum Gasteiger partial charge on any atom is 0.0684 e. The molecule has 0 amide bonds. The molecule has 0 saturated heterocycles. The van der Waals surface area contributed by atoms with Gasteiger partial charge in [0.2, 0.25) is 0 Å². The molecule has 0 radical (unpaired) electrons. The maximum absolute atomic E-state index is 9.23. The average Bonchev–Trinajstić information content (AvgIpc) is 2.27. The first kappa shape index (κ1) is 12.3. The molecule has 1 rings (SSSR count). The molecule has 0 aliphatic rings. The van der Waals surface area contributed by atoms with Crippen LogP contribution in [-0.2, 0) is 6.61 Å². The van der Waals surface area contributed by atoms with Crippen molar-refractivity contribution >= 4 is 0 Å². The van der Waals surface area contributed by atoms with Crippen LogP contribution in [0.1, 0.15) is 55.7 Å². The van der Waals surface area contributed by atoms with E-state index in [2.05, 4.69) is 39.0 Å². The number of hydrogen-bond acceptors (Lipinski definition) is 1. The van der Waals surface area contributed by atoms with E-state index < -0.39 is 0 Å². The third-order valence-corrected chi connectivity index (χ3v) is 3.14. The van der Waals surface area contributed by atoms with Crippen molar-refractivity contribution in [2.75, 3.05) is 0 Å². The van der Waals surface area contributed by atoms with Crippen LogP contribution in [0.25, 0.3) is 0 Å². The van der Waals surface area contributed by atoms with Crippen LogP contribution < -0.4 is 0 Å². The van der Waals surface area contributed by atoms with E-state index in [0.717, 1.165) is 5.56 Å². The van der Waals surface area contributed by atoms with Crippen LogP contribution in [0, 0.1) is 6.92 Å². The highest BCUT2D eigenvalue weighted by Gasteiger charge is 2.09. The van der Waals surface area contributed by atoms with E-state index >= 15 is 0 Å². The predicted molar refractivity (Wildman–Crippen MR) is 65.0 cm³/mol. The maximum atomic E-state index is 9.23. The average molecular weight is 206 g/mol. The first-order valence-corrected chi connectivity index (χ1v) is 5.93. The van der Waals surface area contributed by atoms with Gasteiger partial charge in [-0.15, -0.1) is 0 Å². The van der Waals surface area contributed by atoms with Gasteiger partial charge in [0.1, 0.15) is 0 Å². The summed E-state index contributed by atoms with van der Waals surface area (Å²) in [6, 6.07) is 6.50. The molecule has 1 N–H and O–H groups in total. The Morgan fingerprint density at radius 1 is 1.27 bits per heavy atom. The minimum Gasteiger partial charge on any atom is -0.392 e. The van der Waals surface area contributed by atoms with Crippen molar-refractivity contribution in [1.82, 2.24) is 0 Å². The monoisotopic (exact) mass is 206 g/mol. The normalized spacial score (nSPS) is 12.8. The highest BCUT2D eigenvalue weighted by atomic mass is 16.3. The van der Waals surface area contributed by atoms with Gasteiger partial charge in [0.25, 0.3) is 0 Å². The molecular weight excluding hydrogens is 184 g/mol. The Kier molecular flexibility index (Phi) is 4.83. The summed E-state index contributed by atoms with van der Waals surface area (Å²) < 4.78 is 0. The van der Waals surface area contributed by atoms with E-state index in [1.54, 1.807) is 0 Å². The number of aliphatic hydroxyl groups is 1. The summed E-state index contributed by atoms with van der Waals surface area (Å²) in [6.45, 7) is 6.67. The second-order valence-corrected chi connectivity index (χ2v) is 4.24. The molecule has 0 spiro atoms. The molecule has 1 heteroatoms. The summed E-state index contributed by atoms with van der Waals surface area (Å²) in [6.07, 6.45) is 3.65. The zero-order valence-corrected chi connectivity index (χ0v) is 10.1. The van der Waals surface area contributed by atoms with Gasteiger partial charge < -0.3 is 5.11 Å². The van der Waals surface area contributed by atoms with Gasteiger partial charge in [-0.3, -0.25) is 0 Å². The molecular formula is C14H22O. The molecule has 0 aliphatic carbocycles. The van der Waals surface area contributed by atoms with Crippen LogP contribution in [0.3, 0.4) is 0 Å². The zero-order chi connectivity index (χ0) is 11.3. The quantitative estimate of drug-likeness (QED) is 0.777. The number of rotatable bonds is 5. The number of hydrogen-bond donors (Lipinski definition) is 1. The van der Waals surface area contributed by atoms with E-state index in [1.165, 1.54) is 30.4 Å². The molecule has 0 fully saturated rings. The van der Waals surface area contributed by atoms with Crippen molar-refractivity contribution in [1.29, 1.82) is 0 Å². The molecule has 0 heterocycles. The fourth-order valence-corrected chi connectivity index (χ4v) is 2.07. The molecule has 0 aromatic heterocycles. The van der Waals surface area contributed by atoms with Gasteiger partial charge in [-0.05, 0) is 42.4 Å². The van der Waals surface area contributed by atoms with Gasteiger partial charge in [-0.1, -0.05) is 38.5 Å². The van der Waals surface area contributed by atoms with E-state index in [-0.39, 0.29) is 6.61 Å². The van der Waals surface area contributed by atoms with Crippen molar-refractivity contribution in [3.63, 3.8) is 0 Å². The Bertz CT molecular complexity index is 304. The third-order valence-electron chi connectivity index (χ3n) is 3.14. The van der Waals surface area contributed by atoms with Gasteiger partial charge in [0, 0.05) is 0 Å². The summed E-state index contributed by atoms with van der Waals surface area (Å²) in [4.78, 5) is 0. The zero-order valence-electron chi connectivity index (χ0n) is 10.1. The minimum atomic E-state index is 0.155. The number of aliphatic hydroxyl groups excluding tert-OH is 1. The van der Waals surface area contributed by atoms with Crippen molar-refractivity contribution in [2.45, 2.75) is 52.6 Å². The van der Waals surface area contributed by atoms with E-state index in [9.17, 15) is 5.11 Å².